The van der Waals surface area contributed by atoms with E-state index in [1.807, 2.05) is 13.0 Å². The summed E-state index contributed by atoms with van der Waals surface area (Å²) < 4.78 is 43.4. The number of methoxy groups -OCH3 is 1. The van der Waals surface area contributed by atoms with Crippen LogP contribution in [0, 0.1) is 0 Å². The van der Waals surface area contributed by atoms with E-state index in [1.54, 1.807) is 18.2 Å². The Hall–Kier alpha value is -2.41. The van der Waals surface area contributed by atoms with Crippen LogP contribution in [-0.2, 0) is 16.4 Å². The van der Waals surface area contributed by atoms with Gasteiger partial charge in [-0.05, 0) is 36.2 Å². The molecule has 6 nitrogen and oxygen atoms in total. The molecule has 3 rings (SSSR count). The van der Waals surface area contributed by atoms with E-state index in [0.717, 1.165) is 12.0 Å². The van der Waals surface area contributed by atoms with Gasteiger partial charge in [-0.15, -0.1) is 0 Å². The number of ether oxygens (including phenoxy) is 3. The van der Waals surface area contributed by atoms with Gasteiger partial charge in [0.2, 0.25) is 6.79 Å². The summed E-state index contributed by atoms with van der Waals surface area (Å²) in [6.45, 7) is 2.09. The number of aryl methyl sites for hydroxylation is 1. The van der Waals surface area contributed by atoms with Gasteiger partial charge in [-0.1, -0.05) is 13.0 Å². The van der Waals surface area contributed by atoms with Crippen molar-refractivity contribution in [1.82, 2.24) is 0 Å². The molecule has 1 aliphatic heterocycles. The van der Waals surface area contributed by atoms with Crippen molar-refractivity contribution >= 4 is 15.7 Å². The van der Waals surface area contributed by atoms with Crippen molar-refractivity contribution in [3.8, 4) is 17.2 Å². The second kappa shape index (κ2) is 6.00. The average molecular weight is 335 g/mol. The summed E-state index contributed by atoms with van der Waals surface area (Å²) in [6, 6.07) is 9.92. The van der Waals surface area contributed by atoms with Gasteiger partial charge in [0.25, 0.3) is 10.0 Å². The number of hydrogen-bond acceptors (Lipinski definition) is 5. The summed E-state index contributed by atoms with van der Waals surface area (Å²) in [7, 11) is -2.26. The van der Waals surface area contributed by atoms with Crippen LogP contribution in [0.25, 0.3) is 0 Å². The molecule has 1 heterocycles. The van der Waals surface area contributed by atoms with Crippen LogP contribution in [-0.4, -0.2) is 22.3 Å². The van der Waals surface area contributed by atoms with Crippen molar-refractivity contribution in [2.45, 2.75) is 18.2 Å². The predicted octanol–water partition coefficient (Wildman–Crippen LogP) is 2.79. The van der Waals surface area contributed by atoms with Crippen LogP contribution >= 0.6 is 0 Å². The lowest BCUT2D eigenvalue weighted by Crippen LogP contribution is -2.13. The quantitative estimate of drug-likeness (QED) is 0.909. The molecule has 23 heavy (non-hydrogen) atoms. The fourth-order valence-electron chi connectivity index (χ4n) is 2.30. The van der Waals surface area contributed by atoms with Gasteiger partial charge in [-0.25, -0.2) is 8.42 Å². The minimum Gasteiger partial charge on any atom is -0.495 e. The van der Waals surface area contributed by atoms with E-state index in [-0.39, 0.29) is 11.7 Å². The third-order valence-corrected chi connectivity index (χ3v) is 4.93. The van der Waals surface area contributed by atoms with Crippen LogP contribution in [0.5, 0.6) is 17.2 Å². The lowest BCUT2D eigenvalue weighted by molar-refractivity contribution is 0.174. The third kappa shape index (κ3) is 3.05. The monoisotopic (exact) mass is 335 g/mol. The summed E-state index contributed by atoms with van der Waals surface area (Å²) in [5.74, 6) is 1.42. The number of anilines is 1. The Morgan fingerprint density at radius 2 is 1.91 bits per heavy atom. The predicted molar refractivity (Wildman–Crippen MR) is 85.7 cm³/mol. The number of fused-ring (bicyclic) bond motifs is 1. The first-order chi connectivity index (χ1) is 11.0. The number of rotatable bonds is 5. The largest absolute Gasteiger partial charge is 0.495 e. The highest BCUT2D eigenvalue weighted by Gasteiger charge is 2.21. The molecule has 1 aliphatic rings. The molecule has 0 bridgehead atoms. The van der Waals surface area contributed by atoms with Crippen molar-refractivity contribution in [1.29, 1.82) is 0 Å². The summed E-state index contributed by atoms with van der Waals surface area (Å²) in [5, 5.41) is 0. The van der Waals surface area contributed by atoms with Gasteiger partial charge in [0, 0.05) is 6.07 Å². The highest BCUT2D eigenvalue weighted by atomic mass is 32.2. The van der Waals surface area contributed by atoms with Crippen LogP contribution in [0.2, 0.25) is 0 Å². The minimum atomic E-state index is -3.76. The van der Waals surface area contributed by atoms with Crippen molar-refractivity contribution in [3.05, 3.63) is 42.0 Å². The molecule has 0 saturated carbocycles. The molecule has 7 heteroatoms. The highest BCUT2D eigenvalue weighted by molar-refractivity contribution is 7.92. The molecule has 0 unspecified atom stereocenters. The summed E-state index contributed by atoms with van der Waals surface area (Å²) in [6.07, 6.45) is 0.794. The molecule has 0 aliphatic carbocycles. The minimum absolute atomic E-state index is 0.0959. The summed E-state index contributed by atoms with van der Waals surface area (Å²) in [4.78, 5) is 0.103. The van der Waals surface area contributed by atoms with E-state index in [1.165, 1.54) is 19.2 Å². The van der Waals surface area contributed by atoms with E-state index >= 15 is 0 Å². The Bertz CT molecular complexity index is 832. The molecule has 0 radical (unpaired) electrons. The van der Waals surface area contributed by atoms with Crippen LogP contribution < -0.4 is 18.9 Å². The van der Waals surface area contributed by atoms with Gasteiger partial charge in [0.05, 0.1) is 17.7 Å². The maximum atomic E-state index is 12.6. The number of sulfonamides is 1. The first-order valence-corrected chi connectivity index (χ1v) is 8.61. The van der Waals surface area contributed by atoms with Gasteiger partial charge in [0.1, 0.15) is 5.75 Å². The topological polar surface area (TPSA) is 73.9 Å². The molecule has 0 spiro atoms. The molecular weight excluding hydrogens is 318 g/mol. The van der Waals surface area contributed by atoms with E-state index in [2.05, 4.69) is 4.72 Å². The Balaban J connectivity index is 1.95. The van der Waals surface area contributed by atoms with E-state index in [4.69, 9.17) is 14.2 Å². The summed E-state index contributed by atoms with van der Waals surface area (Å²) in [5.41, 5.74) is 1.42. The molecule has 1 N–H and O–H groups in total. The number of nitrogens with one attached hydrogen (secondary N) is 1. The Kier molecular flexibility index (Phi) is 4.04. The Morgan fingerprint density at radius 3 is 2.65 bits per heavy atom. The lowest BCUT2D eigenvalue weighted by Gasteiger charge is -2.13. The van der Waals surface area contributed by atoms with Crippen LogP contribution in [0.3, 0.4) is 0 Å². The number of benzene rings is 2. The molecule has 0 atom stereocenters. The zero-order chi connectivity index (χ0) is 16.4. The van der Waals surface area contributed by atoms with Crippen LogP contribution in [0.1, 0.15) is 12.5 Å². The Morgan fingerprint density at radius 1 is 1.13 bits per heavy atom. The molecular formula is C16H17NO5S. The number of hydrogen-bond donors (Lipinski definition) is 1. The van der Waals surface area contributed by atoms with Crippen LogP contribution in [0.4, 0.5) is 5.69 Å². The Labute approximate surface area is 135 Å². The first-order valence-electron chi connectivity index (χ1n) is 7.13. The van der Waals surface area contributed by atoms with Crippen LogP contribution in [0.15, 0.2) is 41.3 Å². The molecule has 0 fully saturated rings. The van der Waals surface area contributed by atoms with E-state index in [0.29, 0.717) is 22.9 Å². The third-order valence-electron chi connectivity index (χ3n) is 3.57. The molecule has 0 saturated heterocycles. The molecule has 2 aromatic carbocycles. The van der Waals surface area contributed by atoms with Crippen molar-refractivity contribution in [2.24, 2.45) is 0 Å². The summed E-state index contributed by atoms with van der Waals surface area (Å²) >= 11 is 0. The van der Waals surface area contributed by atoms with Gasteiger partial charge in [0.15, 0.2) is 11.5 Å². The zero-order valence-corrected chi connectivity index (χ0v) is 13.6. The fourth-order valence-corrected chi connectivity index (χ4v) is 3.38. The average Bonchev–Trinajstić information content (AvgIpc) is 3.02. The maximum absolute atomic E-state index is 12.6. The van der Waals surface area contributed by atoms with E-state index in [9.17, 15) is 8.42 Å². The maximum Gasteiger partial charge on any atom is 0.262 e. The SMILES string of the molecule is CCc1ccc(OC)c(NS(=O)(=O)c2ccc3c(c2)OCO3)c1. The van der Waals surface area contributed by atoms with Crippen molar-refractivity contribution in [2.75, 3.05) is 18.6 Å². The second-order valence-electron chi connectivity index (χ2n) is 5.01. The van der Waals surface area contributed by atoms with Gasteiger partial charge in [-0.2, -0.15) is 0 Å². The van der Waals surface area contributed by atoms with Gasteiger partial charge >= 0.3 is 0 Å². The normalized spacial score (nSPS) is 13.0. The molecule has 0 amide bonds. The zero-order valence-electron chi connectivity index (χ0n) is 12.8. The van der Waals surface area contributed by atoms with Gasteiger partial charge in [-0.3, -0.25) is 4.72 Å². The van der Waals surface area contributed by atoms with Gasteiger partial charge < -0.3 is 14.2 Å². The fraction of sp³-hybridized carbons (Fsp3) is 0.250. The molecule has 0 aromatic heterocycles. The highest BCUT2D eigenvalue weighted by Crippen LogP contribution is 2.35. The smallest absolute Gasteiger partial charge is 0.262 e. The van der Waals surface area contributed by atoms with Crippen molar-refractivity contribution in [3.63, 3.8) is 0 Å². The standard InChI is InChI=1S/C16H17NO5S/c1-3-11-4-6-14(20-2)13(8-11)17-23(18,19)12-5-7-15-16(9-12)22-10-21-15/h4-9,17H,3,10H2,1-2H3. The van der Waals surface area contributed by atoms with Crippen molar-refractivity contribution < 1.29 is 22.6 Å². The van der Waals surface area contributed by atoms with E-state index < -0.39 is 10.0 Å². The first kappa shape index (κ1) is 15.5. The second-order valence-corrected chi connectivity index (χ2v) is 6.69. The molecule has 2 aromatic rings. The molecule has 122 valence electrons. The lowest BCUT2D eigenvalue weighted by atomic mass is 10.1.